The third-order valence-electron chi connectivity index (χ3n) is 4.16. The van der Waals surface area contributed by atoms with Gasteiger partial charge in [-0.15, -0.1) is 0 Å². The molecule has 0 saturated heterocycles. The lowest BCUT2D eigenvalue weighted by atomic mass is 9.88. The summed E-state index contributed by atoms with van der Waals surface area (Å²) in [5, 5.41) is 4.32. The number of rotatable bonds is 4. The molecule has 1 atom stereocenters. The van der Waals surface area contributed by atoms with Crippen molar-refractivity contribution in [3.63, 3.8) is 0 Å². The first-order chi connectivity index (χ1) is 10.3. The first-order valence-electron chi connectivity index (χ1n) is 7.39. The van der Waals surface area contributed by atoms with E-state index in [4.69, 9.17) is 16.3 Å². The van der Waals surface area contributed by atoms with Gasteiger partial charge in [-0.05, 0) is 48.1 Å². The maximum Gasteiger partial charge on any atom is 0.137 e. The molecule has 0 aromatic heterocycles. The summed E-state index contributed by atoms with van der Waals surface area (Å²) in [6.07, 6.45) is 3.47. The van der Waals surface area contributed by atoms with E-state index in [9.17, 15) is 0 Å². The molecule has 0 bridgehead atoms. The third kappa shape index (κ3) is 3.39. The van der Waals surface area contributed by atoms with E-state index in [0.717, 1.165) is 25.1 Å². The molecule has 110 valence electrons. The molecule has 0 amide bonds. The van der Waals surface area contributed by atoms with Crippen molar-refractivity contribution in [3.8, 4) is 5.75 Å². The normalized spacial score (nSPS) is 17.3. The van der Waals surface area contributed by atoms with Crippen LogP contribution in [0.3, 0.4) is 0 Å². The second-order valence-electron chi connectivity index (χ2n) is 5.56. The van der Waals surface area contributed by atoms with Crippen molar-refractivity contribution < 1.29 is 4.74 Å². The molecule has 2 aromatic rings. The van der Waals surface area contributed by atoms with Crippen LogP contribution in [0.15, 0.2) is 42.5 Å². The van der Waals surface area contributed by atoms with Gasteiger partial charge in [0.15, 0.2) is 0 Å². The smallest absolute Gasteiger partial charge is 0.137 e. The summed E-state index contributed by atoms with van der Waals surface area (Å²) in [6, 6.07) is 15.3. The van der Waals surface area contributed by atoms with Crippen LogP contribution in [0.4, 0.5) is 0 Å². The number of aryl methyl sites for hydroxylation is 1. The molecule has 1 aliphatic carbocycles. The van der Waals surface area contributed by atoms with E-state index in [-0.39, 0.29) is 0 Å². The molecule has 2 nitrogen and oxygen atoms in total. The summed E-state index contributed by atoms with van der Waals surface area (Å²) in [5.74, 6) is 0.729. The molecule has 1 N–H and O–H groups in total. The van der Waals surface area contributed by atoms with Crippen LogP contribution in [0.2, 0.25) is 5.02 Å². The van der Waals surface area contributed by atoms with Crippen molar-refractivity contribution in [2.45, 2.75) is 31.8 Å². The van der Waals surface area contributed by atoms with Crippen molar-refractivity contribution in [1.29, 1.82) is 0 Å². The van der Waals surface area contributed by atoms with Gasteiger partial charge in [0.25, 0.3) is 0 Å². The van der Waals surface area contributed by atoms with Crippen LogP contribution in [0.1, 0.15) is 23.1 Å². The van der Waals surface area contributed by atoms with Gasteiger partial charge < -0.3 is 10.1 Å². The number of halogens is 1. The largest absolute Gasteiger partial charge is 0.495 e. The highest BCUT2D eigenvalue weighted by Crippen LogP contribution is 2.25. The van der Waals surface area contributed by atoms with Crippen LogP contribution in [-0.4, -0.2) is 13.2 Å². The standard InChI is InChI=1S/C18H20ClNO/c1-21-18-9-6-13(10-17(18)19)12-20-16-8-7-14-4-2-3-5-15(14)11-16/h2-6,9-10,16,20H,7-8,11-12H2,1H3. The molecule has 3 heteroatoms. The number of ether oxygens (including phenoxy) is 1. The lowest BCUT2D eigenvalue weighted by Gasteiger charge is -2.25. The van der Waals surface area contributed by atoms with Crippen LogP contribution in [0.5, 0.6) is 5.75 Å². The Bertz CT molecular complexity index is 626. The molecule has 0 radical (unpaired) electrons. The zero-order valence-electron chi connectivity index (χ0n) is 12.2. The molecule has 0 aliphatic heterocycles. The number of fused-ring (bicyclic) bond motifs is 1. The van der Waals surface area contributed by atoms with Gasteiger partial charge in [0.2, 0.25) is 0 Å². The highest BCUT2D eigenvalue weighted by atomic mass is 35.5. The Morgan fingerprint density at radius 3 is 2.76 bits per heavy atom. The summed E-state index contributed by atoms with van der Waals surface area (Å²) in [5.41, 5.74) is 4.18. The molecule has 3 rings (SSSR count). The van der Waals surface area contributed by atoms with Crippen LogP contribution >= 0.6 is 11.6 Å². The Hall–Kier alpha value is -1.51. The van der Waals surface area contributed by atoms with Crippen molar-refractivity contribution in [1.82, 2.24) is 5.32 Å². The number of methoxy groups -OCH3 is 1. The maximum absolute atomic E-state index is 6.17. The number of hydrogen-bond acceptors (Lipinski definition) is 2. The summed E-state index contributed by atoms with van der Waals surface area (Å²) in [6.45, 7) is 0.844. The van der Waals surface area contributed by atoms with Crippen molar-refractivity contribution in [3.05, 3.63) is 64.2 Å². The predicted molar refractivity (Wildman–Crippen MR) is 87.1 cm³/mol. The van der Waals surface area contributed by atoms with Gasteiger partial charge in [-0.1, -0.05) is 41.9 Å². The fourth-order valence-corrected chi connectivity index (χ4v) is 3.23. The molecule has 0 fully saturated rings. The highest BCUT2D eigenvalue weighted by Gasteiger charge is 2.17. The van der Waals surface area contributed by atoms with Gasteiger partial charge in [-0.2, -0.15) is 0 Å². The number of benzene rings is 2. The van der Waals surface area contributed by atoms with Crippen molar-refractivity contribution >= 4 is 11.6 Å². The predicted octanol–water partition coefficient (Wildman–Crippen LogP) is 4.00. The zero-order chi connectivity index (χ0) is 14.7. The maximum atomic E-state index is 6.17. The van der Waals surface area contributed by atoms with E-state index >= 15 is 0 Å². The van der Waals surface area contributed by atoms with Crippen LogP contribution < -0.4 is 10.1 Å². The summed E-state index contributed by atoms with van der Waals surface area (Å²) < 4.78 is 5.18. The second kappa shape index (κ2) is 6.50. The molecular weight excluding hydrogens is 282 g/mol. The molecule has 21 heavy (non-hydrogen) atoms. The second-order valence-corrected chi connectivity index (χ2v) is 5.97. The molecule has 2 aromatic carbocycles. The minimum absolute atomic E-state index is 0.542. The number of nitrogens with one attached hydrogen (secondary N) is 1. The van der Waals surface area contributed by atoms with Crippen LogP contribution in [-0.2, 0) is 19.4 Å². The van der Waals surface area contributed by atoms with Crippen molar-refractivity contribution in [2.75, 3.05) is 7.11 Å². The molecule has 0 saturated carbocycles. The van der Waals surface area contributed by atoms with Crippen molar-refractivity contribution in [2.24, 2.45) is 0 Å². The van der Waals surface area contributed by atoms with E-state index in [0.29, 0.717) is 11.1 Å². The Morgan fingerprint density at radius 2 is 2.00 bits per heavy atom. The van der Waals surface area contributed by atoms with Gasteiger partial charge >= 0.3 is 0 Å². The van der Waals surface area contributed by atoms with E-state index in [1.54, 1.807) is 7.11 Å². The van der Waals surface area contributed by atoms with Gasteiger partial charge in [-0.3, -0.25) is 0 Å². The summed E-state index contributed by atoms with van der Waals surface area (Å²) in [7, 11) is 1.64. The fraction of sp³-hybridized carbons (Fsp3) is 0.333. The summed E-state index contributed by atoms with van der Waals surface area (Å²) in [4.78, 5) is 0. The van der Waals surface area contributed by atoms with Gasteiger partial charge in [0.05, 0.1) is 12.1 Å². The lowest BCUT2D eigenvalue weighted by molar-refractivity contribution is 0.414. The average molecular weight is 302 g/mol. The van der Waals surface area contributed by atoms with E-state index in [1.807, 2.05) is 12.1 Å². The Balaban J connectivity index is 1.60. The van der Waals surface area contributed by atoms with E-state index in [2.05, 4.69) is 35.6 Å². The SMILES string of the molecule is COc1ccc(CNC2CCc3ccccc3C2)cc1Cl. The Labute approximate surface area is 131 Å². The Morgan fingerprint density at radius 1 is 1.19 bits per heavy atom. The average Bonchev–Trinajstić information content (AvgIpc) is 2.53. The minimum atomic E-state index is 0.542. The van der Waals surface area contributed by atoms with E-state index in [1.165, 1.54) is 23.1 Å². The summed E-state index contributed by atoms with van der Waals surface area (Å²) >= 11 is 6.17. The van der Waals surface area contributed by atoms with Gasteiger partial charge in [0, 0.05) is 12.6 Å². The third-order valence-corrected chi connectivity index (χ3v) is 4.45. The molecule has 0 spiro atoms. The minimum Gasteiger partial charge on any atom is -0.495 e. The first kappa shape index (κ1) is 14.4. The molecule has 1 unspecified atom stereocenters. The van der Waals surface area contributed by atoms with Crippen LogP contribution in [0.25, 0.3) is 0 Å². The van der Waals surface area contributed by atoms with Gasteiger partial charge in [-0.25, -0.2) is 0 Å². The monoisotopic (exact) mass is 301 g/mol. The van der Waals surface area contributed by atoms with Crippen LogP contribution in [0, 0.1) is 0 Å². The zero-order valence-corrected chi connectivity index (χ0v) is 13.0. The quantitative estimate of drug-likeness (QED) is 0.922. The lowest BCUT2D eigenvalue weighted by Crippen LogP contribution is -2.34. The van der Waals surface area contributed by atoms with E-state index < -0.39 is 0 Å². The van der Waals surface area contributed by atoms with Gasteiger partial charge in [0.1, 0.15) is 5.75 Å². The fourth-order valence-electron chi connectivity index (χ4n) is 2.95. The molecule has 1 aliphatic rings. The molecular formula is C18H20ClNO. The topological polar surface area (TPSA) is 21.3 Å². The molecule has 0 heterocycles. The first-order valence-corrected chi connectivity index (χ1v) is 7.76. The highest BCUT2D eigenvalue weighted by molar-refractivity contribution is 6.32. The number of hydrogen-bond donors (Lipinski definition) is 1. The Kier molecular flexibility index (Phi) is 4.47.